The van der Waals surface area contributed by atoms with Crippen molar-refractivity contribution < 1.29 is 0 Å². The Morgan fingerprint density at radius 2 is 0.829 bits per heavy atom. The monoisotopic (exact) mass is 534 g/mol. The Kier molecular flexibility index (Phi) is 4.15. The van der Waals surface area contributed by atoms with Crippen molar-refractivity contribution in [2.45, 2.75) is 0 Å². The van der Waals surface area contributed by atoms with Crippen molar-refractivity contribution in [3.63, 3.8) is 0 Å². The molecule has 0 saturated heterocycles. The predicted octanol–water partition coefficient (Wildman–Crippen LogP) is 12.0. The lowest BCUT2D eigenvalue weighted by Crippen LogP contribution is -1.88. The van der Waals surface area contributed by atoms with Crippen LogP contribution in [0.1, 0.15) is 0 Å². The van der Waals surface area contributed by atoms with E-state index in [1.807, 2.05) is 11.3 Å². The van der Waals surface area contributed by atoms with Gasteiger partial charge in [0, 0.05) is 20.2 Å². The number of hydrogen-bond acceptors (Lipinski definition) is 1. The van der Waals surface area contributed by atoms with E-state index in [4.69, 9.17) is 0 Å². The average molecular weight is 535 g/mol. The molecule has 0 amide bonds. The fourth-order valence-electron chi connectivity index (χ4n) is 7.27. The molecule has 0 N–H and O–H groups in total. The summed E-state index contributed by atoms with van der Waals surface area (Å²) < 4.78 is 2.74. The molecule has 0 aliphatic heterocycles. The first-order valence-corrected chi connectivity index (χ1v) is 15.0. The summed E-state index contributed by atoms with van der Waals surface area (Å²) in [6.07, 6.45) is 0. The molecule has 0 spiro atoms. The molecule has 0 nitrogen and oxygen atoms in total. The van der Waals surface area contributed by atoms with Crippen LogP contribution in [0.2, 0.25) is 0 Å². The van der Waals surface area contributed by atoms with E-state index in [2.05, 4.69) is 133 Å². The molecule has 0 atom stereocenters. The minimum Gasteiger partial charge on any atom is -0.135 e. The molecule has 0 aliphatic rings. The van der Waals surface area contributed by atoms with Gasteiger partial charge in [-0.15, -0.1) is 11.3 Å². The second-order valence-electron chi connectivity index (χ2n) is 11.3. The smallest absolute Gasteiger partial charge is 0.0362 e. The van der Waals surface area contributed by atoms with E-state index in [0.29, 0.717) is 0 Å². The highest BCUT2D eigenvalue weighted by molar-refractivity contribution is 7.26. The molecular formula is C40H22S. The lowest BCUT2D eigenvalue weighted by Gasteiger charge is -2.15. The Morgan fingerprint density at radius 1 is 0.317 bits per heavy atom. The Labute approximate surface area is 240 Å². The molecule has 188 valence electrons. The number of rotatable bonds is 2. The Balaban J connectivity index is 1.19. The molecule has 10 aromatic rings. The maximum absolute atomic E-state index is 2.38. The van der Waals surface area contributed by atoms with Gasteiger partial charge in [0.1, 0.15) is 0 Å². The lowest BCUT2D eigenvalue weighted by atomic mass is 9.89. The number of fused-ring (bicyclic) bond motifs is 1. The molecule has 10 rings (SSSR count). The van der Waals surface area contributed by atoms with Gasteiger partial charge in [-0.1, -0.05) is 109 Å². The van der Waals surface area contributed by atoms with Crippen molar-refractivity contribution in [2.75, 3.05) is 0 Å². The van der Waals surface area contributed by atoms with Crippen LogP contribution in [0.3, 0.4) is 0 Å². The van der Waals surface area contributed by atoms with E-state index >= 15 is 0 Å². The summed E-state index contributed by atoms with van der Waals surface area (Å²) in [5, 5.41) is 16.0. The highest BCUT2D eigenvalue weighted by Crippen LogP contribution is 2.44. The van der Waals surface area contributed by atoms with Crippen LogP contribution in [0.5, 0.6) is 0 Å². The van der Waals surface area contributed by atoms with Gasteiger partial charge >= 0.3 is 0 Å². The lowest BCUT2D eigenvalue weighted by molar-refractivity contribution is 1.68. The van der Waals surface area contributed by atoms with Crippen LogP contribution in [0.15, 0.2) is 133 Å². The zero-order chi connectivity index (χ0) is 26.7. The van der Waals surface area contributed by atoms with Crippen LogP contribution >= 0.6 is 11.3 Å². The van der Waals surface area contributed by atoms with Crippen LogP contribution in [0, 0.1) is 0 Å². The first-order chi connectivity index (χ1) is 20.3. The van der Waals surface area contributed by atoms with Crippen LogP contribution < -0.4 is 0 Å². The van der Waals surface area contributed by atoms with Crippen molar-refractivity contribution in [1.82, 2.24) is 0 Å². The largest absolute Gasteiger partial charge is 0.135 e. The minimum absolute atomic E-state index is 1.26. The minimum atomic E-state index is 1.26. The van der Waals surface area contributed by atoms with E-state index in [9.17, 15) is 0 Å². The first-order valence-electron chi connectivity index (χ1n) is 14.2. The topological polar surface area (TPSA) is 0 Å². The summed E-state index contributed by atoms with van der Waals surface area (Å²) >= 11 is 1.90. The summed E-state index contributed by atoms with van der Waals surface area (Å²) in [5.74, 6) is 0. The van der Waals surface area contributed by atoms with Gasteiger partial charge in [0.15, 0.2) is 0 Å². The molecular weight excluding hydrogens is 513 g/mol. The summed E-state index contributed by atoms with van der Waals surface area (Å²) in [4.78, 5) is 0. The molecule has 0 fully saturated rings. The van der Waals surface area contributed by atoms with E-state index in [-0.39, 0.29) is 0 Å². The molecule has 1 heterocycles. The third-order valence-electron chi connectivity index (χ3n) is 9.16. The van der Waals surface area contributed by atoms with E-state index < -0.39 is 0 Å². The number of hydrogen-bond donors (Lipinski definition) is 0. The second-order valence-corrected chi connectivity index (χ2v) is 12.4. The number of thiophene rings is 1. The molecule has 1 aromatic heterocycles. The van der Waals surface area contributed by atoms with Crippen molar-refractivity contribution in [3.05, 3.63) is 133 Å². The van der Waals surface area contributed by atoms with Crippen LogP contribution in [0.4, 0.5) is 0 Å². The predicted molar refractivity (Wildman–Crippen MR) is 180 cm³/mol. The highest BCUT2D eigenvalue weighted by Gasteiger charge is 2.15. The van der Waals surface area contributed by atoms with Crippen molar-refractivity contribution >= 4 is 85.4 Å². The molecule has 41 heavy (non-hydrogen) atoms. The third kappa shape index (κ3) is 2.94. The zero-order valence-corrected chi connectivity index (χ0v) is 22.9. The third-order valence-corrected chi connectivity index (χ3v) is 10.3. The Bertz CT molecular complexity index is 2620. The van der Waals surface area contributed by atoms with Gasteiger partial charge in [0.05, 0.1) is 0 Å². The zero-order valence-electron chi connectivity index (χ0n) is 22.1. The van der Waals surface area contributed by atoms with Gasteiger partial charge in [0.2, 0.25) is 0 Å². The van der Waals surface area contributed by atoms with Crippen LogP contribution in [-0.2, 0) is 0 Å². The maximum Gasteiger partial charge on any atom is 0.0362 e. The Morgan fingerprint density at radius 3 is 1.56 bits per heavy atom. The molecule has 0 unspecified atom stereocenters. The molecule has 0 aliphatic carbocycles. The van der Waals surface area contributed by atoms with Gasteiger partial charge in [-0.2, -0.15) is 0 Å². The summed E-state index contributed by atoms with van der Waals surface area (Å²) in [6.45, 7) is 0. The van der Waals surface area contributed by atoms with Gasteiger partial charge in [-0.3, -0.25) is 0 Å². The van der Waals surface area contributed by atoms with Gasteiger partial charge in [-0.25, -0.2) is 0 Å². The summed E-state index contributed by atoms with van der Waals surface area (Å²) in [5.41, 5.74) is 5.13. The Hall–Kier alpha value is -4.98. The average Bonchev–Trinajstić information content (AvgIpc) is 3.42. The van der Waals surface area contributed by atoms with Crippen molar-refractivity contribution in [1.29, 1.82) is 0 Å². The molecule has 0 radical (unpaired) electrons. The van der Waals surface area contributed by atoms with E-state index in [0.717, 1.165) is 0 Å². The first kappa shape index (κ1) is 21.8. The molecule has 1 heteroatoms. The normalized spacial score (nSPS) is 12.4. The van der Waals surface area contributed by atoms with E-state index in [1.165, 1.54) is 96.3 Å². The fourth-order valence-corrected chi connectivity index (χ4v) is 8.42. The van der Waals surface area contributed by atoms with Crippen molar-refractivity contribution in [3.8, 4) is 22.3 Å². The standard InChI is InChI=1S/C40H22S/c1-3-24-9-10-27-13-16-31(33-17-14-25(4-1)37(24)38(27)33)28-11-7-23-8-12-29(22-30(23)21-28)32-19-20-36-40-34(32)18-15-26-5-2-6-35(41-36)39(26)40/h1-22H. The maximum atomic E-state index is 2.38. The summed E-state index contributed by atoms with van der Waals surface area (Å²) in [7, 11) is 0. The van der Waals surface area contributed by atoms with Crippen LogP contribution in [0.25, 0.3) is 96.3 Å². The van der Waals surface area contributed by atoms with Gasteiger partial charge in [0.25, 0.3) is 0 Å². The SMILES string of the molecule is c1cc2ccc3ccc(-c4ccc5ccc(-c6ccc7sc8cccc9ccc6c7c98)cc5c4)c4ccc(c1)c2c34. The molecule has 0 bridgehead atoms. The van der Waals surface area contributed by atoms with E-state index in [1.54, 1.807) is 0 Å². The molecule has 9 aromatic carbocycles. The second kappa shape index (κ2) is 7.81. The van der Waals surface area contributed by atoms with Gasteiger partial charge < -0.3 is 0 Å². The number of benzene rings is 9. The highest BCUT2D eigenvalue weighted by atomic mass is 32.1. The van der Waals surface area contributed by atoms with Gasteiger partial charge in [-0.05, 0) is 100 Å². The molecule has 0 saturated carbocycles. The van der Waals surface area contributed by atoms with Crippen LogP contribution in [-0.4, -0.2) is 0 Å². The summed E-state index contributed by atoms with van der Waals surface area (Å²) in [6, 6.07) is 50.1. The quantitative estimate of drug-likeness (QED) is 0.193. The fraction of sp³-hybridized carbons (Fsp3) is 0. The van der Waals surface area contributed by atoms with Crippen molar-refractivity contribution in [2.24, 2.45) is 0 Å².